The summed E-state index contributed by atoms with van der Waals surface area (Å²) in [5, 5.41) is 4.04. The molecule has 2 heterocycles. The van der Waals surface area contributed by atoms with Gasteiger partial charge in [0.1, 0.15) is 5.76 Å². The Morgan fingerprint density at radius 1 is 1.46 bits per heavy atom. The molecule has 1 aromatic rings. The zero-order valence-corrected chi connectivity index (χ0v) is 8.10. The third-order valence-corrected chi connectivity index (χ3v) is 3.13. The van der Waals surface area contributed by atoms with Gasteiger partial charge < -0.3 is 9.73 Å². The van der Waals surface area contributed by atoms with Crippen molar-refractivity contribution < 1.29 is 4.42 Å². The van der Waals surface area contributed by atoms with E-state index in [2.05, 4.69) is 5.32 Å². The van der Waals surface area contributed by atoms with Gasteiger partial charge in [-0.05, 0) is 55.0 Å². The first-order chi connectivity index (χ1) is 6.34. The quantitative estimate of drug-likeness (QED) is 0.749. The molecule has 1 atom stereocenters. The van der Waals surface area contributed by atoms with Crippen molar-refractivity contribution in [2.24, 2.45) is 5.92 Å². The summed E-state index contributed by atoms with van der Waals surface area (Å²) in [4.78, 5) is 0. The average Bonchev–Trinajstić information content (AvgIpc) is 2.86. The first-order valence-corrected chi connectivity index (χ1v) is 5.24. The molecule has 2 nitrogen and oxygen atoms in total. The lowest BCUT2D eigenvalue weighted by molar-refractivity contribution is 0.364. The molecule has 1 unspecified atom stereocenters. The fourth-order valence-electron chi connectivity index (χ4n) is 2.13. The van der Waals surface area contributed by atoms with Gasteiger partial charge in [0.2, 0.25) is 0 Å². The summed E-state index contributed by atoms with van der Waals surface area (Å²) in [5.74, 6) is 1.89. The number of furan rings is 1. The Kier molecular flexibility index (Phi) is 1.67. The van der Waals surface area contributed by atoms with Crippen LogP contribution in [0.4, 0.5) is 0 Å². The lowest BCUT2D eigenvalue weighted by Gasteiger charge is -2.22. The fourth-order valence-corrected chi connectivity index (χ4v) is 2.35. The van der Waals surface area contributed by atoms with Gasteiger partial charge in [-0.1, -0.05) is 0 Å². The molecule has 1 saturated carbocycles. The molecule has 2 aliphatic rings. The number of fused-ring (bicyclic) bond motifs is 1. The van der Waals surface area contributed by atoms with Crippen LogP contribution in [0, 0.1) is 5.92 Å². The van der Waals surface area contributed by atoms with Gasteiger partial charge in [0, 0.05) is 0 Å². The molecule has 0 bridgehead atoms. The monoisotopic (exact) mass is 197 g/mol. The van der Waals surface area contributed by atoms with E-state index in [0.717, 1.165) is 24.6 Å². The minimum absolute atomic E-state index is 0.441. The van der Waals surface area contributed by atoms with E-state index >= 15 is 0 Å². The zero-order valence-electron chi connectivity index (χ0n) is 7.35. The second kappa shape index (κ2) is 2.76. The van der Waals surface area contributed by atoms with E-state index in [1.165, 1.54) is 18.4 Å². The second-order valence-electron chi connectivity index (χ2n) is 3.96. The molecule has 1 aliphatic carbocycles. The predicted octanol–water partition coefficient (Wildman–Crippen LogP) is 2.53. The van der Waals surface area contributed by atoms with Crippen molar-refractivity contribution in [3.8, 4) is 0 Å². The molecule has 1 aromatic heterocycles. The highest BCUT2D eigenvalue weighted by Gasteiger charge is 2.37. The standard InChI is InChI=1S/C10H12ClNO/c11-8-5-7-3-4-12-9(6-1-2-6)10(7)13-8/h5-6,9,12H,1-4H2. The maximum atomic E-state index is 5.85. The topological polar surface area (TPSA) is 25.2 Å². The van der Waals surface area contributed by atoms with Crippen LogP contribution < -0.4 is 5.32 Å². The number of halogens is 1. The number of rotatable bonds is 1. The number of hydrogen-bond donors (Lipinski definition) is 1. The molecule has 70 valence electrons. The summed E-state index contributed by atoms with van der Waals surface area (Å²) in [7, 11) is 0. The van der Waals surface area contributed by atoms with Crippen LogP contribution in [-0.2, 0) is 6.42 Å². The van der Waals surface area contributed by atoms with E-state index in [9.17, 15) is 0 Å². The minimum atomic E-state index is 0.441. The van der Waals surface area contributed by atoms with Crippen LogP contribution in [0.5, 0.6) is 0 Å². The van der Waals surface area contributed by atoms with E-state index in [-0.39, 0.29) is 0 Å². The van der Waals surface area contributed by atoms with E-state index in [1.807, 2.05) is 6.07 Å². The fraction of sp³-hybridized carbons (Fsp3) is 0.600. The SMILES string of the molecule is Clc1cc2c(o1)C(C1CC1)NCC2. The Bertz CT molecular complexity index is 330. The van der Waals surface area contributed by atoms with Crippen molar-refractivity contribution in [2.45, 2.75) is 25.3 Å². The van der Waals surface area contributed by atoms with Crippen LogP contribution in [0.15, 0.2) is 10.5 Å². The van der Waals surface area contributed by atoms with Crippen LogP contribution in [0.2, 0.25) is 5.22 Å². The molecular formula is C10H12ClNO. The zero-order chi connectivity index (χ0) is 8.84. The van der Waals surface area contributed by atoms with E-state index < -0.39 is 0 Å². The van der Waals surface area contributed by atoms with Gasteiger partial charge in [0.05, 0.1) is 6.04 Å². The van der Waals surface area contributed by atoms with Crippen LogP contribution in [0.25, 0.3) is 0 Å². The number of hydrogen-bond acceptors (Lipinski definition) is 2. The normalized spacial score (nSPS) is 27.3. The van der Waals surface area contributed by atoms with Gasteiger partial charge in [-0.3, -0.25) is 0 Å². The summed E-state index contributed by atoms with van der Waals surface area (Å²) < 4.78 is 5.52. The van der Waals surface area contributed by atoms with Gasteiger partial charge in [-0.25, -0.2) is 0 Å². The van der Waals surface area contributed by atoms with Crippen molar-refractivity contribution in [1.82, 2.24) is 5.32 Å². The molecule has 3 heteroatoms. The number of nitrogens with one attached hydrogen (secondary N) is 1. The lowest BCUT2D eigenvalue weighted by atomic mass is 10.00. The molecule has 0 spiro atoms. The van der Waals surface area contributed by atoms with E-state index in [4.69, 9.17) is 16.0 Å². The van der Waals surface area contributed by atoms with Crippen LogP contribution >= 0.6 is 11.6 Å². The van der Waals surface area contributed by atoms with E-state index in [1.54, 1.807) is 0 Å². The highest BCUT2D eigenvalue weighted by molar-refractivity contribution is 6.28. The first-order valence-electron chi connectivity index (χ1n) is 4.86. The van der Waals surface area contributed by atoms with Crippen molar-refractivity contribution in [2.75, 3.05) is 6.54 Å². The predicted molar refractivity (Wildman–Crippen MR) is 50.9 cm³/mol. The van der Waals surface area contributed by atoms with Crippen LogP contribution in [-0.4, -0.2) is 6.54 Å². The average molecular weight is 198 g/mol. The van der Waals surface area contributed by atoms with Crippen molar-refractivity contribution in [3.05, 3.63) is 22.6 Å². The highest BCUT2D eigenvalue weighted by atomic mass is 35.5. The lowest BCUT2D eigenvalue weighted by Crippen LogP contribution is -2.30. The maximum Gasteiger partial charge on any atom is 0.193 e. The molecule has 13 heavy (non-hydrogen) atoms. The molecule has 0 radical (unpaired) electrons. The third-order valence-electron chi connectivity index (χ3n) is 2.95. The summed E-state index contributed by atoms with van der Waals surface area (Å²) in [6.07, 6.45) is 3.71. The Hall–Kier alpha value is -0.470. The Morgan fingerprint density at radius 3 is 3.08 bits per heavy atom. The van der Waals surface area contributed by atoms with Crippen molar-refractivity contribution in [1.29, 1.82) is 0 Å². The largest absolute Gasteiger partial charge is 0.448 e. The summed E-state index contributed by atoms with van der Waals surface area (Å²) in [6, 6.07) is 2.41. The molecule has 1 fully saturated rings. The highest BCUT2D eigenvalue weighted by Crippen LogP contribution is 2.44. The second-order valence-corrected chi connectivity index (χ2v) is 4.33. The first kappa shape index (κ1) is 7.89. The molecule has 1 aliphatic heterocycles. The molecule has 0 saturated heterocycles. The van der Waals surface area contributed by atoms with E-state index in [0.29, 0.717) is 11.3 Å². The Labute approximate surface area is 82.3 Å². The van der Waals surface area contributed by atoms with Gasteiger partial charge >= 0.3 is 0 Å². The van der Waals surface area contributed by atoms with Gasteiger partial charge in [-0.15, -0.1) is 0 Å². The maximum absolute atomic E-state index is 5.85. The molecule has 0 aromatic carbocycles. The summed E-state index contributed by atoms with van der Waals surface area (Å²) in [5.41, 5.74) is 1.31. The summed E-state index contributed by atoms with van der Waals surface area (Å²) >= 11 is 5.85. The Balaban J connectivity index is 1.99. The molecular weight excluding hydrogens is 186 g/mol. The van der Waals surface area contributed by atoms with Crippen LogP contribution in [0.3, 0.4) is 0 Å². The van der Waals surface area contributed by atoms with Crippen molar-refractivity contribution >= 4 is 11.6 Å². The third kappa shape index (κ3) is 1.29. The molecule has 3 rings (SSSR count). The minimum Gasteiger partial charge on any atom is -0.448 e. The van der Waals surface area contributed by atoms with Crippen LogP contribution in [0.1, 0.15) is 30.2 Å². The van der Waals surface area contributed by atoms with Crippen molar-refractivity contribution in [3.63, 3.8) is 0 Å². The smallest absolute Gasteiger partial charge is 0.193 e. The van der Waals surface area contributed by atoms with Gasteiger partial charge in [0.15, 0.2) is 5.22 Å². The van der Waals surface area contributed by atoms with Gasteiger partial charge in [-0.2, -0.15) is 0 Å². The molecule has 1 N–H and O–H groups in total. The summed E-state index contributed by atoms with van der Waals surface area (Å²) in [6.45, 7) is 1.06. The molecule has 0 amide bonds. The Morgan fingerprint density at radius 2 is 2.31 bits per heavy atom. The van der Waals surface area contributed by atoms with Gasteiger partial charge in [0.25, 0.3) is 0 Å².